The molecule has 3 rings (SSSR count). The topological polar surface area (TPSA) is 80.2 Å². The van der Waals surface area contributed by atoms with E-state index in [1.54, 1.807) is 21.3 Å². The molecule has 0 spiro atoms. The van der Waals surface area contributed by atoms with Gasteiger partial charge in [0.05, 0.1) is 27.9 Å². The lowest BCUT2D eigenvalue weighted by atomic mass is 10.1. The van der Waals surface area contributed by atoms with Crippen LogP contribution in [-0.4, -0.2) is 51.9 Å². The zero-order valence-corrected chi connectivity index (χ0v) is 19.6. The van der Waals surface area contributed by atoms with E-state index >= 15 is 0 Å². The van der Waals surface area contributed by atoms with Gasteiger partial charge in [-0.25, -0.2) is 9.98 Å². The molecule has 0 bridgehead atoms. The van der Waals surface area contributed by atoms with Gasteiger partial charge in [0, 0.05) is 32.4 Å². The average molecular weight is 442 g/mol. The van der Waals surface area contributed by atoms with Crippen molar-refractivity contribution in [1.29, 1.82) is 0 Å². The van der Waals surface area contributed by atoms with Crippen molar-refractivity contribution in [1.82, 2.24) is 15.6 Å². The molecule has 1 fully saturated rings. The summed E-state index contributed by atoms with van der Waals surface area (Å²) in [4.78, 5) is 11.7. The SMILES string of the molecule is CCNC(=NCc1cc(OC)c(OC)c(OC)c1)NCc1ccnc(N2CCCCC2)c1. The largest absolute Gasteiger partial charge is 0.493 e. The van der Waals surface area contributed by atoms with E-state index in [1.165, 1.54) is 24.8 Å². The molecule has 1 aliphatic heterocycles. The Morgan fingerprint density at radius 3 is 2.31 bits per heavy atom. The van der Waals surface area contributed by atoms with E-state index in [2.05, 4.69) is 33.5 Å². The van der Waals surface area contributed by atoms with E-state index in [1.807, 2.05) is 24.4 Å². The zero-order chi connectivity index (χ0) is 22.8. The standard InChI is InChI=1S/C24H35N5O3/c1-5-25-24(28-17-19-13-20(30-2)23(32-4)21(14-19)31-3)27-16-18-9-10-26-22(15-18)29-11-7-6-8-12-29/h9-10,13-15H,5-8,11-12,16-17H2,1-4H3,(H2,25,27,28). The van der Waals surface area contributed by atoms with Crippen molar-refractivity contribution in [3.05, 3.63) is 41.6 Å². The number of nitrogens with one attached hydrogen (secondary N) is 2. The van der Waals surface area contributed by atoms with Gasteiger partial charge in [-0.2, -0.15) is 0 Å². The van der Waals surface area contributed by atoms with Crippen LogP contribution in [-0.2, 0) is 13.1 Å². The molecule has 2 aromatic rings. The Balaban J connectivity index is 1.68. The van der Waals surface area contributed by atoms with Crippen LogP contribution in [0.15, 0.2) is 35.5 Å². The van der Waals surface area contributed by atoms with Gasteiger partial charge < -0.3 is 29.7 Å². The maximum absolute atomic E-state index is 5.45. The van der Waals surface area contributed by atoms with Crippen molar-refractivity contribution < 1.29 is 14.2 Å². The number of benzene rings is 1. The summed E-state index contributed by atoms with van der Waals surface area (Å²) in [5, 5.41) is 6.73. The summed E-state index contributed by atoms with van der Waals surface area (Å²) < 4.78 is 16.3. The molecule has 1 aliphatic rings. The predicted molar refractivity (Wildman–Crippen MR) is 128 cm³/mol. The second-order valence-corrected chi connectivity index (χ2v) is 7.65. The molecule has 0 saturated carbocycles. The van der Waals surface area contributed by atoms with E-state index in [0.717, 1.165) is 37.0 Å². The van der Waals surface area contributed by atoms with E-state index in [9.17, 15) is 0 Å². The fourth-order valence-electron chi connectivity index (χ4n) is 3.79. The molecule has 1 saturated heterocycles. The van der Waals surface area contributed by atoms with Gasteiger partial charge in [0.1, 0.15) is 5.82 Å². The summed E-state index contributed by atoms with van der Waals surface area (Å²) >= 11 is 0. The third kappa shape index (κ3) is 6.18. The monoisotopic (exact) mass is 441 g/mol. The fourth-order valence-corrected chi connectivity index (χ4v) is 3.79. The van der Waals surface area contributed by atoms with Crippen LogP contribution in [0, 0.1) is 0 Å². The third-order valence-corrected chi connectivity index (χ3v) is 5.44. The Kier molecular flexibility index (Phi) is 8.83. The highest BCUT2D eigenvalue weighted by Crippen LogP contribution is 2.38. The number of hydrogen-bond donors (Lipinski definition) is 2. The third-order valence-electron chi connectivity index (χ3n) is 5.44. The van der Waals surface area contributed by atoms with E-state index in [-0.39, 0.29) is 0 Å². The van der Waals surface area contributed by atoms with Crippen LogP contribution >= 0.6 is 0 Å². The molecule has 8 nitrogen and oxygen atoms in total. The number of piperidine rings is 1. The normalized spacial score (nSPS) is 14.1. The summed E-state index contributed by atoms with van der Waals surface area (Å²) in [6, 6.07) is 8.05. The second kappa shape index (κ2) is 12.0. The summed E-state index contributed by atoms with van der Waals surface area (Å²) in [6.07, 6.45) is 5.68. The van der Waals surface area contributed by atoms with Gasteiger partial charge >= 0.3 is 0 Å². The maximum atomic E-state index is 5.45. The number of aromatic nitrogens is 1. The van der Waals surface area contributed by atoms with Crippen molar-refractivity contribution in [2.75, 3.05) is 45.9 Å². The molecule has 0 amide bonds. The van der Waals surface area contributed by atoms with E-state index in [0.29, 0.717) is 30.3 Å². The van der Waals surface area contributed by atoms with Gasteiger partial charge in [0.15, 0.2) is 17.5 Å². The van der Waals surface area contributed by atoms with Gasteiger partial charge in [-0.3, -0.25) is 0 Å². The number of hydrogen-bond acceptors (Lipinski definition) is 6. The zero-order valence-electron chi connectivity index (χ0n) is 19.6. The minimum absolute atomic E-state index is 0.474. The second-order valence-electron chi connectivity index (χ2n) is 7.65. The molecule has 32 heavy (non-hydrogen) atoms. The van der Waals surface area contributed by atoms with Crippen LogP contribution in [0.5, 0.6) is 17.2 Å². The Hall–Kier alpha value is -3.16. The van der Waals surface area contributed by atoms with Crippen molar-refractivity contribution in [3.63, 3.8) is 0 Å². The first kappa shape index (κ1) is 23.5. The molecule has 0 unspecified atom stereocenters. The molecule has 8 heteroatoms. The lowest BCUT2D eigenvalue weighted by Crippen LogP contribution is -2.37. The molecule has 1 aromatic carbocycles. The summed E-state index contributed by atoms with van der Waals surface area (Å²) in [5.41, 5.74) is 2.15. The molecule has 0 radical (unpaired) electrons. The van der Waals surface area contributed by atoms with Gasteiger partial charge in [0.2, 0.25) is 5.75 Å². The van der Waals surface area contributed by atoms with Gasteiger partial charge in [-0.05, 0) is 61.6 Å². The van der Waals surface area contributed by atoms with Crippen LogP contribution in [0.25, 0.3) is 0 Å². The average Bonchev–Trinajstić information content (AvgIpc) is 2.85. The number of guanidine groups is 1. The smallest absolute Gasteiger partial charge is 0.203 e. The summed E-state index contributed by atoms with van der Waals surface area (Å²) in [7, 11) is 4.83. The lowest BCUT2D eigenvalue weighted by Gasteiger charge is -2.28. The maximum Gasteiger partial charge on any atom is 0.203 e. The van der Waals surface area contributed by atoms with Crippen LogP contribution in [0.3, 0.4) is 0 Å². The number of nitrogens with zero attached hydrogens (tertiary/aromatic N) is 3. The van der Waals surface area contributed by atoms with E-state index < -0.39 is 0 Å². The minimum Gasteiger partial charge on any atom is -0.493 e. The number of aliphatic imine (C=N–C) groups is 1. The molecule has 2 N–H and O–H groups in total. The minimum atomic E-state index is 0.474. The first-order valence-corrected chi connectivity index (χ1v) is 11.2. The van der Waals surface area contributed by atoms with E-state index in [4.69, 9.17) is 19.2 Å². The Morgan fingerprint density at radius 1 is 0.969 bits per heavy atom. The predicted octanol–water partition coefficient (Wildman–Crippen LogP) is 3.35. The van der Waals surface area contributed by atoms with Crippen LogP contribution in [0.2, 0.25) is 0 Å². The number of anilines is 1. The quantitative estimate of drug-likeness (QED) is 0.456. The number of methoxy groups -OCH3 is 3. The van der Waals surface area contributed by atoms with Crippen molar-refractivity contribution >= 4 is 11.8 Å². The van der Waals surface area contributed by atoms with Gasteiger partial charge in [-0.1, -0.05) is 0 Å². The van der Waals surface area contributed by atoms with Gasteiger partial charge in [-0.15, -0.1) is 0 Å². The molecule has 2 heterocycles. The molecular formula is C24H35N5O3. The Labute approximate surface area is 191 Å². The van der Waals surface area contributed by atoms with Gasteiger partial charge in [0.25, 0.3) is 0 Å². The highest BCUT2D eigenvalue weighted by molar-refractivity contribution is 5.79. The number of ether oxygens (including phenoxy) is 3. The van der Waals surface area contributed by atoms with Crippen LogP contribution < -0.4 is 29.7 Å². The van der Waals surface area contributed by atoms with Crippen molar-refractivity contribution in [3.8, 4) is 17.2 Å². The first-order chi connectivity index (χ1) is 15.7. The van der Waals surface area contributed by atoms with Crippen LogP contribution in [0.4, 0.5) is 5.82 Å². The summed E-state index contributed by atoms with van der Waals surface area (Å²) in [5.74, 6) is 3.63. The molecular weight excluding hydrogens is 406 g/mol. The molecule has 0 atom stereocenters. The summed E-state index contributed by atoms with van der Waals surface area (Å²) in [6.45, 7) is 6.14. The molecule has 174 valence electrons. The molecule has 0 aliphatic carbocycles. The van der Waals surface area contributed by atoms with Crippen molar-refractivity contribution in [2.45, 2.75) is 39.3 Å². The van der Waals surface area contributed by atoms with Crippen LogP contribution in [0.1, 0.15) is 37.3 Å². The number of rotatable bonds is 9. The Morgan fingerprint density at radius 2 is 1.69 bits per heavy atom. The lowest BCUT2D eigenvalue weighted by molar-refractivity contribution is 0.324. The molecule has 1 aromatic heterocycles. The Bertz CT molecular complexity index is 872. The number of pyridine rings is 1. The van der Waals surface area contributed by atoms with Crippen molar-refractivity contribution in [2.24, 2.45) is 4.99 Å². The fraction of sp³-hybridized carbons (Fsp3) is 0.500. The first-order valence-electron chi connectivity index (χ1n) is 11.2. The highest BCUT2D eigenvalue weighted by atomic mass is 16.5. The highest BCUT2D eigenvalue weighted by Gasteiger charge is 2.14.